The highest BCUT2D eigenvalue weighted by Crippen LogP contribution is 2.61. The maximum Gasteiger partial charge on any atom is 0.319 e. The molecule has 5 fully saturated rings. The standard InChI is InChI=1S/C45H54F3N5O2Si/c1-26(2)56(27(3)4,28(5)6)16-13-35-38(47)12-7-29-17-33(54)18-37(39(29)35)34-10-11-36-41(40(34)48)50-43(51-42(36)52-21-31-8-9-32(22-52)49-31)55-25-45-19-30(46)20-53(45)24-44(23-45)14-15-44/h7,10-12,17-18,26-28,30-32,49,54H,8-9,14-15,19-25H2,1-6H3/t30-,31?,32?,45+/m1/s1. The lowest BCUT2D eigenvalue weighted by atomic mass is 9.89. The monoisotopic (exact) mass is 781 g/mol. The minimum absolute atomic E-state index is 0.0620. The Labute approximate surface area is 329 Å². The first-order valence-corrected chi connectivity index (χ1v) is 23.0. The molecule has 296 valence electrons. The van der Waals surface area contributed by atoms with Crippen molar-refractivity contribution in [2.24, 2.45) is 5.41 Å². The van der Waals surface area contributed by atoms with Gasteiger partial charge >= 0.3 is 6.01 Å². The van der Waals surface area contributed by atoms with Crippen molar-refractivity contribution in [2.75, 3.05) is 37.7 Å². The second kappa shape index (κ2) is 13.6. The van der Waals surface area contributed by atoms with Gasteiger partial charge in [0.1, 0.15) is 43.8 Å². The quantitative estimate of drug-likeness (QED) is 0.136. The minimum Gasteiger partial charge on any atom is -0.508 e. The van der Waals surface area contributed by atoms with Crippen LogP contribution in [0.5, 0.6) is 11.8 Å². The van der Waals surface area contributed by atoms with Crippen LogP contribution < -0.4 is 15.0 Å². The fraction of sp³-hybridized carbons (Fsp3) is 0.556. The van der Waals surface area contributed by atoms with Crippen LogP contribution in [0.1, 0.15) is 85.6 Å². The summed E-state index contributed by atoms with van der Waals surface area (Å²) in [7, 11) is -2.26. The Morgan fingerprint density at radius 2 is 1.66 bits per heavy atom. The molecule has 4 atom stereocenters. The van der Waals surface area contributed by atoms with Crippen molar-refractivity contribution in [1.82, 2.24) is 20.2 Å². The number of rotatable bonds is 8. The van der Waals surface area contributed by atoms with Crippen molar-refractivity contribution in [3.8, 4) is 34.4 Å². The number of benzene rings is 3. The molecule has 1 aliphatic carbocycles. The number of ether oxygens (including phenoxy) is 1. The van der Waals surface area contributed by atoms with E-state index in [4.69, 9.17) is 14.7 Å². The summed E-state index contributed by atoms with van der Waals surface area (Å²) in [5.74, 6) is 2.77. The Morgan fingerprint density at radius 3 is 2.34 bits per heavy atom. The number of piperazine rings is 1. The number of phenols is 1. The van der Waals surface area contributed by atoms with Gasteiger partial charge in [0.05, 0.1) is 11.1 Å². The van der Waals surface area contributed by atoms with E-state index in [0.29, 0.717) is 69.2 Å². The van der Waals surface area contributed by atoms with Gasteiger partial charge in [-0.05, 0) is 89.4 Å². The highest BCUT2D eigenvalue weighted by Gasteiger charge is 2.62. The number of aromatic hydroxyl groups is 1. The lowest BCUT2D eigenvalue weighted by molar-refractivity contribution is 0.107. The molecule has 0 radical (unpaired) electrons. The first-order chi connectivity index (χ1) is 26.7. The molecule has 2 unspecified atom stereocenters. The fourth-order valence-corrected chi connectivity index (χ4v) is 16.7. The van der Waals surface area contributed by atoms with Gasteiger partial charge in [-0.25, -0.2) is 13.2 Å². The van der Waals surface area contributed by atoms with Crippen molar-refractivity contribution in [3.05, 3.63) is 53.6 Å². The van der Waals surface area contributed by atoms with Gasteiger partial charge in [0.25, 0.3) is 0 Å². The highest BCUT2D eigenvalue weighted by atomic mass is 28.3. The van der Waals surface area contributed by atoms with Crippen molar-refractivity contribution in [3.63, 3.8) is 0 Å². The normalized spacial score (nSPS) is 25.6. The number of halogens is 3. The van der Waals surface area contributed by atoms with E-state index < -0.39 is 31.4 Å². The van der Waals surface area contributed by atoms with E-state index in [1.807, 2.05) is 6.07 Å². The maximum absolute atomic E-state index is 17.5. The number of hydrogen-bond donors (Lipinski definition) is 2. The van der Waals surface area contributed by atoms with Crippen LogP contribution in [0.25, 0.3) is 32.8 Å². The number of phenolic OH excluding ortho intramolecular Hbond substituents is 1. The first kappa shape index (κ1) is 37.7. The zero-order valence-corrected chi connectivity index (χ0v) is 34.5. The van der Waals surface area contributed by atoms with Crippen LogP contribution in [0.4, 0.5) is 19.0 Å². The molecule has 5 heterocycles. The molecule has 1 saturated carbocycles. The van der Waals surface area contributed by atoms with Crippen LogP contribution in [-0.4, -0.2) is 84.6 Å². The third-order valence-corrected chi connectivity index (χ3v) is 20.5. The summed E-state index contributed by atoms with van der Waals surface area (Å²) in [6.07, 6.45) is 4.86. The van der Waals surface area contributed by atoms with Crippen LogP contribution in [0.2, 0.25) is 16.6 Å². The van der Waals surface area contributed by atoms with E-state index in [9.17, 15) is 9.50 Å². The molecule has 9 rings (SSSR count). The predicted octanol–water partition coefficient (Wildman–Crippen LogP) is 9.29. The van der Waals surface area contributed by atoms with Gasteiger partial charge in [-0.3, -0.25) is 4.90 Å². The predicted molar refractivity (Wildman–Crippen MR) is 220 cm³/mol. The van der Waals surface area contributed by atoms with Gasteiger partial charge < -0.3 is 20.1 Å². The zero-order chi connectivity index (χ0) is 39.3. The Balaban J connectivity index is 1.19. The lowest BCUT2D eigenvalue weighted by Crippen LogP contribution is -2.51. The Hall–Kier alpha value is -3.85. The molecule has 4 aliphatic heterocycles. The maximum atomic E-state index is 17.5. The third-order valence-electron chi connectivity index (χ3n) is 14.2. The Kier molecular flexibility index (Phi) is 9.18. The van der Waals surface area contributed by atoms with E-state index in [-0.39, 0.29) is 40.4 Å². The smallest absolute Gasteiger partial charge is 0.319 e. The number of anilines is 1. The molecule has 2 bridgehead atoms. The van der Waals surface area contributed by atoms with Crippen LogP contribution in [0.15, 0.2) is 36.4 Å². The van der Waals surface area contributed by atoms with E-state index in [1.165, 1.54) is 12.1 Å². The molecule has 11 heteroatoms. The molecule has 4 saturated heterocycles. The minimum atomic E-state index is -2.26. The second-order valence-corrected chi connectivity index (χ2v) is 24.3. The number of alkyl halides is 1. The van der Waals surface area contributed by atoms with Gasteiger partial charge in [0.2, 0.25) is 0 Å². The topological polar surface area (TPSA) is 73.8 Å². The molecule has 1 spiro atoms. The SMILES string of the molecule is CC(C)[Si](C#Cc1c(F)ccc2cc(O)cc(-c3ccc4c(N5CC6CCC(C5)N6)nc(OC[C@@]56C[C@@H](F)CN5CC5(CC5)C6)nc4c3F)c12)(C(C)C)C(C)C. The summed E-state index contributed by atoms with van der Waals surface area (Å²) in [5, 5.41) is 16.2. The second-order valence-electron chi connectivity index (χ2n) is 18.7. The van der Waals surface area contributed by atoms with Gasteiger partial charge in [0, 0.05) is 61.0 Å². The van der Waals surface area contributed by atoms with Crippen LogP contribution in [0, 0.1) is 28.5 Å². The first-order valence-electron chi connectivity index (χ1n) is 20.7. The summed E-state index contributed by atoms with van der Waals surface area (Å²) < 4.78 is 55.0. The van der Waals surface area contributed by atoms with Crippen molar-refractivity contribution < 1.29 is 23.0 Å². The fourth-order valence-electron chi connectivity index (χ4n) is 11.5. The van der Waals surface area contributed by atoms with E-state index in [2.05, 4.69) is 68.1 Å². The van der Waals surface area contributed by atoms with Gasteiger partial charge in [0.15, 0.2) is 5.82 Å². The molecular weight excluding hydrogens is 728 g/mol. The zero-order valence-electron chi connectivity index (χ0n) is 33.5. The lowest BCUT2D eigenvalue weighted by Gasteiger charge is -2.38. The van der Waals surface area contributed by atoms with Crippen molar-refractivity contribution >= 4 is 35.6 Å². The van der Waals surface area contributed by atoms with Crippen LogP contribution >= 0.6 is 0 Å². The molecule has 7 nitrogen and oxygen atoms in total. The van der Waals surface area contributed by atoms with E-state index >= 15 is 8.78 Å². The highest BCUT2D eigenvalue weighted by molar-refractivity contribution is 6.90. The molecule has 56 heavy (non-hydrogen) atoms. The van der Waals surface area contributed by atoms with Crippen molar-refractivity contribution in [1.29, 1.82) is 0 Å². The van der Waals surface area contributed by atoms with Gasteiger partial charge in [-0.2, -0.15) is 9.97 Å². The molecule has 3 aromatic carbocycles. The summed E-state index contributed by atoms with van der Waals surface area (Å²) in [6, 6.07) is 10.3. The summed E-state index contributed by atoms with van der Waals surface area (Å²) in [5.41, 5.74) is 5.32. The molecule has 5 aliphatic rings. The number of hydrogen-bond acceptors (Lipinski definition) is 7. The third kappa shape index (κ3) is 6.17. The van der Waals surface area contributed by atoms with E-state index in [0.717, 1.165) is 51.7 Å². The summed E-state index contributed by atoms with van der Waals surface area (Å²) in [6.45, 7) is 16.3. The Bertz CT molecular complexity index is 2250. The molecule has 0 amide bonds. The van der Waals surface area contributed by atoms with Crippen LogP contribution in [-0.2, 0) is 0 Å². The number of fused-ring (bicyclic) bond motifs is 5. The molecule has 4 aromatic rings. The Morgan fingerprint density at radius 1 is 0.946 bits per heavy atom. The number of nitrogens with zero attached hydrogens (tertiary/aromatic N) is 4. The van der Waals surface area contributed by atoms with Gasteiger partial charge in [-0.15, -0.1) is 5.54 Å². The molecule has 1 aromatic heterocycles. The van der Waals surface area contributed by atoms with Gasteiger partial charge in [-0.1, -0.05) is 59.6 Å². The number of nitrogens with one attached hydrogen (secondary N) is 1. The summed E-state index contributed by atoms with van der Waals surface area (Å²) in [4.78, 5) is 14.2. The largest absolute Gasteiger partial charge is 0.508 e. The van der Waals surface area contributed by atoms with E-state index in [1.54, 1.807) is 18.2 Å². The average molecular weight is 782 g/mol. The van der Waals surface area contributed by atoms with Crippen LogP contribution in [0.3, 0.4) is 0 Å². The average Bonchev–Trinajstić information content (AvgIpc) is 3.59. The molecular formula is C45H54F3N5O2Si. The number of aromatic nitrogens is 2. The summed E-state index contributed by atoms with van der Waals surface area (Å²) >= 11 is 0. The van der Waals surface area contributed by atoms with Crippen molar-refractivity contribution in [2.45, 2.75) is 120 Å². The molecule has 2 N–H and O–H groups in total.